The summed E-state index contributed by atoms with van der Waals surface area (Å²) in [5.41, 5.74) is 5.37. The fraction of sp³-hybridized carbons (Fsp3) is 0.556. The molecule has 2 unspecified atom stereocenters. The number of rotatable bonds is 50. The normalized spacial score (nSPS) is 14.3. The summed E-state index contributed by atoms with van der Waals surface area (Å²) in [5.74, 6) is -0.879. The molecule has 0 aromatic carbocycles. The van der Waals surface area contributed by atoms with Gasteiger partial charge in [-0.1, -0.05) is 217 Å². The first-order valence-electron chi connectivity index (χ1n) is 28.0. The van der Waals surface area contributed by atoms with Crippen LogP contribution in [0.1, 0.15) is 194 Å². The van der Waals surface area contributed by atoms with Crippen molar-refractivity contribution in [1.82, 2.24) is 0 Å². The van der Waals surface area contributed by atoms with E-state index in [-0.39, 0.29) is 32.6 Å². The SMILES string of the molecule is CC/C=C\C/C=C\C/C=C\C/C=C\C/C=C\C/C=C\C/C=C\C/C=C\C/C=C\C/C=C\CCCCCCCCC(=O)OC(COC(=O)CCCCCCC/C=C\C/C=C\C/C=C\CC)COP(=O)(O)OCCN. The number of hydrogen-bond acceptors (Lipinski definition) is 8. The van der Waals surface area contributed by atoms with Gasteiger partial charge in [0.2, 0.25) is 0 Å². The summed E-state index contributed by atoms with van der Waals surface area (Å²) in [5, 5.41) is 0. The molecule has 0 saturated heterocycles. The van der Waals surface area contributed by atoms with E-state index in [9.17, 15) is 19.0 Å². The molecule has 0 spiro atoms. The zero-order valence-electron chi connectivity index (χ0n) is 45.5. The van der Waals surface area contributed by atoms with Crippen molar-refractivity contribution in [3.05, 3.63) is 158 Å². The first kappa shape index (κ1) is 68.6. The molecule has 0 radical (unpaired) electrons. The Balaban J connectivity index is 4.07. The van der Waals surface area contributed by atoms with Crippen molar-refractivity contribution in [2.45, 2.75) is 200 Å². The van der Waals surface area contributed by atoms with Gasteiger partial charge in [-0.3, -0.25) is 18.6 Å². The second-order valence-corrected chi connectivity index (χ2v) is 19.1. The molecule has 3 N–H and O–H groups in total. The fourth-order valence-electron chi connectivity index (χ4n) is 6.85. The van der Waals surface area contributed by atoms with Gasteiger partial charge >= 0.3 is 19.8 Å². The van der Waals surface area contributed by atoms with E-state index in [2.05, 4.69) is 172 Å². The number of carbonyl (C=O) groups excluding carboxylic acids is 2. The third kappa shape index (κ3) is 56.8. The van der Waals surface area contributed by atoms with Crippen molar-refractivity contribution >= 4 is 19.8 Å². The molecule has 0 saturated carbocycles. The van der Waals surface area contributed by atoms with E-state index in [1.165, 1.54) is 0 Å². The van der Waals surface area contributed by atoms with Crippen LogP contribution in [0.25, 0.3) is 0 Å². The summed E-state index contributed by atoms with van der Waals surface area (Å²) in [6, 6.07) is 0. The average molecular weight is 1030 g/mol. The molecule has 0 fully saturated rings. The maximum atomic E-state index is 12.7. The van der Waals surface area contributed by atoms with Gasteiger partial charge in [0.15, 0.2) is 6.10 Å². The lowest BCUT2D eigenvalue weighted by Gasteiger charge is -2.19. The highest BCUT2D eigenvalue weighted by Crippen LogP contribution is 2.43. The molecule has 0 heterocycles. The average Bonchev–Trinajstić information content (AvgIpc) is 3.38. The molecule has 9 nitrogen and oxygen atoms in total. The predicted octanol–water partition coefficient (Wildman–Crippen LogP) is 17.7. The van der Waals surface area contributed by atoms with Crippen LogP contribution in [-0.2, 0) is 32.7 Å². The molecule has 2 atom stereocenters. The van der Waals surface area contributed by atoms with Crippen molar-refractivity contribution < 1.29 is 37.6 Å². The maximum absolute atomic E-state index is 12.7. The summed E-state index contributed by atoms with van der Waals surface area (Å²) in [4.78, 5) is 35.1. The van der Waals surface area contributed by atoms with E-state index in [0.29, 0.717) is 12.8 Å². The van der Waals surface area contributed by atoms with Crippen molar-refractivity contribution in [2.75, 3.05) is 26.4 Å². The number of unbranched alkanes of at least 4 members (excludes halogenated alkanes) is 11. The van der Waals surface area contributed by atoms with Crippen LogP contribution in [0.2, 0.25) is 0 Å². The first-order chi connectivity index (χ1) is 35.8. The number of allylic oxidation sites excluding steroid dienone is 26. The quantitative estimate of drug-likeness (QED) is 0.0264. The minimum absolute atomic E-state index is 0.0393. The molecule has 0 aliphatic heterocycles. The summed E-state index contributed by atoms with van der Waals surface area (Å²) in [6.45, 7) is 3.44. The van der Waals surface area contributed by atoms with Crippen LogP contribution >= 0.6 is 7.82 Å². The van der Waals surface area contributed by atoms with Gasteiger partial charge in [0.25, 0.3) is 0 Å². The second-order valence-electron chi connectivity index (χ2n) is 17.7. The van der Waals surface area contributed by atoms with Crippen LogP contribution in [-0.4, -0.2) is 49.3 Å². The van der Waals surface area contributed by atoms with Gasteiger partial charge < -0.3 is 20.1 Å². The van der Waals surface area contributed by atoms with E-state index in [4.69, 9.17) is 24.3 Å². The van der Waals surface area contributed by atoms with Gasteiger partial charge in [-0.05, 0) is 122 Å². The lowest BCUT2D eigenvalue weighted by atomic mass is 10.1. The van der Waals surface area contributed by atoms with Crippen molar-refractivity contribution in [3.8, 4) is 0 Å². The fourth-order valence-corrected chi connectivity index (χ4v) is 7.62. The zero-order valence-corrected chi connectivity index (χ0v) is 46.4. The Morgan fingerprint density at radius 3 is 1.05 bits per heavy atom. The van der Waals surface area contributed by atoms with E-state index in [0.717, 1.165) is 154 Å². The molecular formula is C63H100NO8P. The van der Waals surface area contributed by atoms with Crippen molar-refractivity contribution in [3.63, 3.8) is 0 Å². The molecule has 0 aromatic rings. The lowest BCUT2D eigenvalue weighted by Crippen LogP contribution is -2.29. The monoisotopic (exact) mass is 1030 g/mol. The zero-order chi connectivity index (χ0) is 53.1. The number of phosphoric acid groups is 1. The van der Waals surface area contributed by atoms with Gasteiger partial charge in [0.1, 0.15) is 6.61 Å². The lowest BCUT2D eigenvalue weighted by molar-refractivity contribution is -0.161. The highest BCUT2D eigenvalue weighted by molar-refractivity contribution is 7.47. The summed E-state index contributed by atoms with van der Waals surface area (Å²) in [6.07, 6.45) is 83.0. The molecule has 0 aliphatic carbocycles. The topological polar surface area (TPSA) is 134 Å². The van der Waals surface area contributed by atoms with Gasteiger partial charge in [0, 0.05) is 19.4 Å². The molecule has 410 valence electrons. The predicted molar refractivity (Wildman–Crippen MR) is 311 cm³/mol. The maximum Gasteiger partial charge on any atom is 0.472 e. The number of carbonyl (C=O) groups is 2. The third-order valence-electron chi connectivity index (χ3n) is 10.9. The van der Waals surface area contributed by atoms with Crippen LogP contribution in [0.5, 0.6) is 0 Å². The second kappa shape index (κ2) is 56.9. The van der Waals surface area contributed by atoms with Crippen LogP contribution in [0, 0.1) is 0 Å². The molecule has 0 rings (SSSR count). The van der Waals surface area contributed by atoms with Crippen molar-refractivity contribution in [2.24, 2.45) is 5.73 Å². The standard InChI is InChI=1S/C63H100NO8P/c1-3-5-7-9-11-13-15-17-19-20-21-22-23-24-25-26-27-28-29-30-31-32-33-34-35-36-37-38-39-40-42-44-46-48-50-52-54-56-63(66)72-61(60-71-73(67,68)70-58-57-64)59-69-62(65)55-53-51-49-47-45-43-41-18-16-14-12-10-8-6-4-2/h5-8,11-14,17-19,21-22,24-25,27-28,30-31,33-34,36-37,39-41,61H,3-4,9-10,15-16,20,23,26,29,32,35,38,42-60,64H2,1-2H3,(H,67,68)/b7-5-,8-6-,13-11-,14-12-,19-17-,22-21-,25-24-,28-27-,31-30-,34-33-,37-36-,40-39-,41-18-. The molecule has 0 aliphatic rings. The number of hydrogen-bond donors (Lipinski definition) is 2. The Morgan fingerprint density at radius 2 is 0.712 bits per heavy atom. The smallest absolute Gasteiger partial charge is 0.462 e. The molecule has 0 bridgehead atoms. The van der Waals surface area contributed by atoms with Gasteiger partial charge in [-0.2, -0.15) is 0 Å². The highest BCUT2D eigenvalue weighted by atomic mass is 31.2. The highest BCUT2D eigenvalue weighted by Gasteiger charge is 2.26. The Labute approximate surface area is 445 Å². The van der Waals surface area contributed by atoms with Crippen LogP contribution < -0.4 is 5.73 Å². The Bertz CT molecular complexity index is 1740. The molecular weight excluding hydrogens is 930 g/mol. The molecule has 10 heteroatoms. The van der Waals surface area contributed by atoms with Crippen LogP contribution in [0.3, 0.4) is 0 Å². The Kier molecular flexibility index (Phi) is 53.5. The van der Waals surface area contributed by atoms with Gasteiger partial charge in [-0.15, -0.1) is 0 Å². The van der Waals surface area contributed by atoms with E-state index in [1.54, 1.807) is 0 Å². The Hall–Kier alpha value is -4.37. The Morgan fingerprint density at radius 1 is 0.411 bits per heavy atom. The summed E-state index contributed by atoms with van der Waals surface area (Å²) in [7, 11) is -4.40. The van der Waals surface area contributed by atoms with Crippen LogP contribution in [0.4, 0.5) is 0 Å². The minimum atomic E-state index is -4.40. The minimum Gasteiger partial charge on any atom is -0.462 e. The number of nitrogens with two attached hydrogens (primary N) is 1. The number of ether oxygens (including phenoxy) is 2. The van der Waals surface area contributed by atoms with Crippen molar-refractivity contribution in [1.29, 1.82) is 0 Å². The number of phosphoric ester groups is 1. The van der Waals surface area contributed by atoms with E-state index in [1.807, 2.05) is 0 Å². The van der Waals surface area contributed by atoms with E-state index >= 15 is 0 Å². The summed E-state index contributed by atoms with van der Waals surface area (Å²) < 4.78 is 32.9. The van der Waals surface area contributed by atoms with Crippen LogP contribution in [0.15, 0.2) is 158 Å². The molecule has 0 aromatic heterocycles. The molecule has 0 amide bonds. The van der Waals surface area contributed by atoms with E-state index < -0.39 is 32.5 Å². The van der Waals surface area contributed by atoms with Gasteiger partial charge in [-0.25, -0.2) is 4.57 Å². The first-order valence-corrected chi connectivity index (χ1v) is 29.5. The number of esters is 2. The van der Waals surface area contributed by atoms with Gasteiger partial charge in [0.05, 0.1) is 13.2 Å². The largest absolute Gasteiger partial charge is 0.472 e. The third-order valence-corrected chi connectivity index (χ3v) is 11.9. The molecule has 73 heavy (non-hydrogen) atoms. The summed E-state index contributed by atoms with van der Waals surface area (Å²) >= 11 is 0.